The summed E-state index contributed by atoms with van der Waals surface area (Å²) in [6.07, 6.45) is -11.7. The number of nitrogens with zero attached hydrogens (tertiary/aromatic N) is 1. The highest BCUT2D eigenvalue weighted by molar-refractivity contribution is 7.22. The van der Waals surface area contributed by atoms with Crippen LogP contribution in [0.4, 0.5) is 0 Å². The molecule has 0 spiro atoms. The van der Waals surface area contributed by atoms with E-state index in [1.54, 1.807) is 30.3 Å². The molecule has 1 fully saturated rings. The number of nitrogens with two attached hydrogens (primary N) is 1. The molecule has 3 N–H and O–H groups in total. The van der Waals surface area contributed by atoms with Gasteiger partial charge in [0.05, 0.1) is 2.74 Å². The number of benzene rings is 3. The summed E-state index contributed by atoms with van der Waals surface area (Å²) in [5.74, 6) is -1.33. The summed E-state index contributed by atoms with van der Waals surface area (Å²) in [5, 5.41) is 10.4. The Kier molecular flexibility index (Phi) is 5.11. The maximum atomic E-state index is 14.1. The first-order valence-electron chi connectivity index (χ1n) is 19.2. The van der Waals surface area contributed by atoms with Crippen molar-refractivity contribution < 1.29 is 48.1 Å². The van der Waals surface area contributed by atoms with Crippen LogP contribution >= 0.6 is 11.3 Å². The van der Waals surface area contributed by atoms with E-state index in [9.17, 15) is 14.7 Å². The molecule has 8 nitrogen and oxygen atoms in total. The molecule has 0 radical (unpaired) electrons. The highest BCUT2D eigenvalue weighted by Gasteiger charge is 2.22. The summed E-state index contributed by atoms with van der Waals surface area (Å²) in [5.41, 5.74) is 6.35. The molecule has 41 heavy (non-hydrogen) atoms. The van der Waals surface area contributed by atoms with Gasteiger partial charge in [0.2, 0.25) is 6.79 Å². The molecular weight excluding hydrogens is 540 g/mol. The molecule has 1 atom stereocenters. The summed E-state index contributed by atoms with van der Waals surface area (Å²) in [4.78, 5) is 25.7. The molecule has 0 bridgehead atoms. The number of fused-ring (bicyclic) bond motifs is 1. The minimum absolute atomic E-state index is 0.0134. The number of aromatic hydroxyl groups is 1. The lowest BCUT2D eigenvalue weighted by atomic mass is 9.97. The fraction of sp³-hybridized carbons (Fsp3) is 0.312. The number of rotatable bonds is 11. The predicted molar refractivity (Wildman–Crippen MR) is 160 cm³/mol. The maximum Gasteiger partial charge on any atom is 0.325 e. The first-order chi connectivity index (χ1) is 25.1. The number of ketones is 1. The van der Waals surface area contributed by atoms with Gasteiger partial charge in [-0.05, 0) is 105 Å². The van der Waals surface area contributed by atoms with Gasteiger partial charge >= 0.3 is 5.97 Å². The molecule has 1 saturated heterocycles. The number of carbonyl (C=O) groups excluding carboxylic acids is 2. The highest BCUT2D eigenvalue weighted by atomic mass is 32.1. The van der Waals surface area contributed by atoms with Crippen LogP contribution in [0, 0.1) is 0 Å². The van der Waals surface area contributed by atoms with E-state index >= 15 is 0 Å². The van der Waals surface area contributed by atoms with Gasteiger partial charge in [-0.25, -0.2) is 0 Å². The summed E-state index contributed by atoms with van der Waals surface area (Å²) >= 11 is 1.22. The van der Waals surface area contributed by atoms with E-state index in [1.165, 1.54) is 42.5 Å². The van der Waals surface area contributed by atoms with Gasteiger partial charge < -0.3 is 25.1 Å². The van der Waals surface area contributed by atoms with Crippen molar-refractivity contribution in [2.45, 2.75) is 32.1 Å². The average Bonchev–Trinajstić information content (AvgIpc) is 3.46. The second kappa shape index (κ2) is 13.2. The predicted octanol–water partition coefficient (Wildman–Crippen LogP) is 5.60. The lowest BCUT2D eigenvalue weighted by molar-refractivity contribution is -0.151. The Morgan fingerprint density at radius 2 is 1.73 bits per heavy atom. The van der Waals surface area contributed by atoms with E-state index in [-0.39, 0.29) is 16.9 Å². The zero-order chi connectivity index (χ0) is 41.3. The number of ether oxygens (including phenoxy) is 3. The fourth-order valence-electron chi connectivity index (χ4n) is 3.72. The smallest absolute Gasteiger partial charge is 0.325 e. The van der Waals surface area contributed by atoms with Crippen molar-refractivity contribution in [2.24, 2.45) is 5.73 Å². The first kappa shape index (κ1) is 15.9. The minimum Gasteiger partial charge on any atom is -0.508 e. The minimum atomic E-state index is -3.99. The third-order valence-corrected chi connectivity index (χ3v) is 6.92. The lowest BCUT2D eigenvalue weighted by Crippen LogP contribution is -2.33. The van der Waals surface area contributed by atoms with Gasteiger partial charge in [0.1, 0.15) is 29.8 Å². The number of phenols is 1. The van der Waals surface area contributed by atoms with Gasteiger partial charge in [0, 0.05) is 49.0 Å². The molecule has 1 unspecified atom stereocenters. The van der Waals surface area contributed by atoms with E-state index in [2.05, 4.69) is 0 Å². The third kappa shape index (κ3) is 7.05. The number of thiophene rings is 1. The van der Waals surface area contributed by atoms with Crippen LogP contribution in [0.25, 0.3) is 20.5 Å². The molecule has 0 saturated carbocycles. The number of phenolic OH excluding ortho intramolecular Hbond substituents is 1. The molecule has 3 aromatic carbocycles. The van der Waals surface area contributed by atoms with Crippen molar-refractivity contribution in [3.05, 3.63) is 77.9 Å². The Morgan fingerprint density at radius 3 is 2.44 bits per heavy atom. The Labute approximate surface area is 262 Å². The second-order valence-corrected chi connectivity index (χ2v) is 9.68. The van der Waals surface area contributed by atoms with Gasteiger partial charge in [0.25, 0.3) is 0 Å². The number of hydrogen-bond acceptors (Lipinski definition) is 9. The molecule has 0 aliphatic carbocycles. The molecule has 1 aliphatic heterocycles. The van der Waals surface area contributed by atoms with Gasteiger partial charge in [-0.1, -0.05) is 6.37 Å². The zero-order valence-corrected chi connectivity index (χ0v) is 22.4. The van der Waals surface area contributed by atoms with Crippen LogP contribution in [0.2, 0.25) is 0 Å². The maximum absolute atomic E-state index is 14.1. The fourth-order valence-corrected chi connectivity index (χ4v) is 4.96. The van der Waals surface area contributed by atoms with Crippen LogP contribution in [-0.4, -0.2) is 60.6 Å². The molecular formula is C32H34N2O6S. The molecule has 9 heteroatoms. The van der Waals surface area contributed by atoms with Crippen molar-refractivity contribution in [3.8, 4) is 27.7 Å². The molecule has 4 aromatic rings. The average molecular weight is 589 g/mol. The van der Waals surface area contributed by atoms with Gasteiger partial charge in [-0.3, -0.25) is 14.5 Å². The van der Waals surface area contributed by atoms with Crippen molar-refractivity contribution in [2.75, 3.05) is 32.8 Å². The van der Waals surface area contributed by atoms with Crippen LogP contribution in [0.3, 0.4) is 0 Å². The molecule has 2 heterocycles. The van der Waals surface area contributed by atoms with Gasteiger partial charge in [-0.15, -0.1) is 11.3 Å². The van der Waals surface area contributed by atoms with Crippen molar-refractivity contribution in [1.29, 1.82) is 0 Å². The largest absolute Gasteiger partial charge is 0.508 e. The summed E-state index contributed by atoms with van der Waals surface area (Å²) in [6.45, 7) is -14.6. The van der Waals surface area contributed by atoms with Gasteiger partial charge in [-0.2, -0.15) is 0 Å². The molecule has 214 valence electrons. The Bertz CT molecular complexity index is 2080. The summed E-state index contributed by atoms with van der Waals surface area (Å²) < 4.78 is 132. The van der Waals surface area contributed by atoms with E-state index in [0.717, 1.165) is 12.1 Å². The van der Waals surface area contributed by atoms with Crippen LogP contribution in [-0.2, 0) is 9.53 Å². The summed E-state index contributed by atoms with van der Waals surface area (Å²) in [7, 11) is 0. The number of hydrogen-bond donors (Lipinski definition) is 2. The van der Waals surface area contributed by atoms with Crippen molar-refractivity contribution >= 4 is 33.2 Å². The third-order valence-electron chi connectivity index (χ3n) is 5.72. The number of esters is 1. The van der Waals surface area contributed by atoms with Crippen LogP contribution in [0.15, 0.2) is 66.7 Å². The van der Waals surface area contributed by atoms with Crippen LogP contribution < -0.4 is 15.2 Å². The zero-order valence-electron chi connectivity index (χ0n) is 35.6. The lowest BCUT2D eigenvalue weighted by Gasteiger charge is -2.26. The monoisotopic (exact) mass is 588 g/mol. The second-order valence-electron chi connectivity index (χ2n) is 8.63. The van der Waals surface area contributed by atoms with Gasteiger partial charge in [0.15, 0.2) is 5.78 Å². The standard InChI is InChI=1S/C32H34N2O6S/c1-21(33)32(37)40-20-39-26-13-14-27-28(19-26)41-31(23-5-9-24(35)10-6-23)29(27)30(36)22-7-11-25(12-8-22)38-18-17-34-15-3-2-4-16-34/h5-14,19,21,35H,2-4,15-18,20,33H2,1H3/i2D2,3D2,4D2,15D2,16D2,17D2,18D2. The first-order valence-corrected chi connectivity index (χ1v) is 13.0. The van der Waals surface area contributed by atoms with E-state index in [1.807, 2.05) is 0 Å². The quantitative estimate of drug-likeness (QED) is 0.132. The molecule has 1 aliphatic rings. The van der Waals surface area contributed by atoms with Crippen LogP contribution in [0.5, 0.6) is 17.2 Å². The molecule has 0 amide bonds. The van der Waals surface area contributed by atoms with E-state index < -0.39 is 80.4 Å². The number of likely N-dealkylation sites (tertiary alicyclic amines) is 1. The Morgan fingerprint density at radius 1 is 1.02 bits per heavy atom. The molecule has 1 aromatic heterocycles. The van der Waals surface area contributed by atoms with E-state index in [0.29, 0.717) is 26.3 Å². The van der Waals surface area contributed by atoms with Crippen LogP contribution in [0.1, 0.15) is 61.2 Å². The number of piperidine rings is 1. The number of carbonyl (C=O) groups is 2. The Hall–Kier alpha value is -3.92. The van der Waals surface area contributed by atoms with Crippen molar-refractivity contribution in [1.82, 2.24) is 4.90 Å². The topological polar surface area (TPSA) is 111 Å². The van der Waals surface area contributed by atoms with Crippen molar-refractivity contribution in [3.63, 3.8) is 0 Å². The van der Waals surface area contributed by atoms with E-state index in [4.69, 9.17) is 39.1 Å². The summed E-state index contributed by atoms with van der Waals surface area (Å²) in [6, 6.07) is 14.7. The molecule has 5 rings (SSSR count). The normalized spacial score (nSPS) is 26.4. The SMILES string of the molecule is [2H]C([2H])(Oc1ccc(C(=O)c2c(-c3ccc(O)cc3)sc3cc(OCOC(=O)C(C)N)ccc23)cc1)C([2H])([2H])N1C([2H])([2H])C([2H])([2H])C([2H])([2H])C([2H])([2H])C1([2H])[2H]. The highest BCUT2D eigenvalue weighted by Crippen LogP contribution is 2.41. The Balaban J connectivity index is 1.47.